The summed E-state index contributed by atoms with van der Waals surface area (Å²) in [6.07, 6.45) is 1.86. The molecule has 0 saturated carbocycles. The number of carbonyl (C=O) groups is 1. The Morgan fingerprint density at radius 2 is 2.04 bits per heavy atom. The molecule has 4 rings (SSSR count). The topological polar surface area (TPSA) is 75.9 Å². The van der Waals surface area contributed by atoms with E-state index in [4.69, 9.17) is 4.74 Å². The Balaban J connectivity index is 1.64. The lowest BCUT2D eigenvalue weighted by molar-refractivity contribution is -0.385. The van der Waals surface area contributed by atoms with Crippen molar-refractivity contribution < 1.29 is 14.5 Å². The Labute approximate surface area is 167 Å². The van der Waals surface area contributed by atoms with E-state index < -0.39 is 4.92 Å². The average Bonchev–Trinajstić information content (AvgIpc) is 3.40. The highest BCUT2D eigenvalue weighted by atomic mass is 32.1. The quantitative estimate of drug-likeness (QED) is 0.574. The number of morpholine rings is 1. The second-order valence-electron chi connectivity index (χ2n) is 7.35. The molecule has 0 aliphatic carbocycles. The number of carbonyl (C=O) groups excluding carboxylic acids is 1. The number of rotatable bonds is 4. The van der Waals surface area contributed by atoms with Crippen molar-refractivity contribution in [2.45, 2.75) is 32.0 Å². The Kier molecular flexibility index (Phi) is 5.32. The number of hydrogen-bond donors (Lipinski definition) is 0. The van der Waals surface area contributed by atoms with Crippen molar-refractivity contribution in [2.24, 2.45) is 0 Å². The number of benzene rings is 1. The average molecular weight is 401 g/mol. The van der Waals surface area contributed by atoms with Crippen LogP contribution in [0.4, 0.5) is 11.4 Å². The lowest BCUT2D eigenvalue weighted by atomic mass is 10.1. The maximum atomic E-state index is 12.9. The highest BCUT2D eigenvalue weighted by molar-refractivity contribution is 7.07. The molecule has 1 aromatic heterocycles. The van der Waals surface area contributed by atoms with Gasteiger partial charge in [-0.2, -0.15) is 11.3 Å². The summed E-state index contributed by atoms with van der Waals surface area (Å²) in [4.78, 5) is 27.8. The Morgan fingerprint density at radius 1 is 1.25 bits per heavy atom. The van der Waals surface area contributed by atoms with Gasteiger partial charge in [-0.3, -0.25) is 14.9 Å². The van der Waals surface area contributed by atoms with Gasteiger partial charge in [-0.15, -0.1) is 0 Å². The van der Waals surface area contributed by atoms with Crippen LogP contribution in [0.2, 0.25) is 0 Å². The van der Waals surface area contributed by atoms with Crippen LogP contribution < -0.4 is 4.90 Å². The van der Waals surface area contributed by atoms with Crippen LogP contribution >= 0.6 is 11.3 Å². The third-order valence-electron chi connectivity index (χ3n) is 5.34. The lowest BCUT2D eigenvalue weighted by Crippen LogP contribution is -2.43. The molecular formula is C20H23N3O4S. The van der Waals surface area contributed by atoms with Crippen LogP contribution in [-0.2, 0) is 4.74 Å². The van der Waals surface area contributed by atoms with Crippen LogP contribution in [0.25, 0.3) is 0 Å². The number of nitro benzene ring substituents is 1. The molecule has 7 nitrogen and oxygen atoms in total. The highest BCUT2D eigenvalue weighted by Crippen LogP contribution is 2.33. The standard InChI is InChI=1S/C20H23N3O4S/c1-14-11-22(12-19(27-14)15-6-9-28-13-15)16-4-5-18(23(25)26)17(10-16)20(24)21-7-2-3-8-21/h4-6,9-10,13-14,19H,2-3,7-8,11-12H2,1H3. The SMILES string of the molecule is CC1CN(c2ccc([N+](=O)[O-])c(C(=O)N3CCCC3)c2)CC(c2ccsc2)O1. The van der Waals surface area contributed by atoms with Crippen molar-refractivity contribution in [3.63, 3.8) is 0 Å². The van der Waals surface area contributed by atoms with E-state index in [1.165, 1.54) is 6.07 Å². The van der Waals surface area contributed by atoms with Crippen LogP contribution in [0, 0.1) is 10.1 Å². The van der Waals surface area contributed by atoms with Gasteiger partial charge in [-0.1, -0.05) is 0 Å². The van der Waals surface area contributed by atoms with Crippen molar-refractivity contribution in [1.82, 2.24) is 4.90 Å². The van der Waals surface area contributed by atoms with E-state index >= 15 is 0 Å². The van der Waals surface area contributed by atoms with Gasteiger partial charge < -0.3 is 14.5 Å². The second-order valence-corrected chi connectivity index (χ2v) is 8.13. The Hall–Kier alpha value is -2.45. The largest absolute Gasteiger partial charge is 0.367 e. The summed E-state index contributed by atoms with van der Waals surface area (Å²) >= 11 is 1.63. The van der Waals surface area contributed by atoms with Crippen LogP contribution in [0.5, 0.6) is 0 Å². The molecule has 0 spiro atoms. The maximum Gasteiger partial charge on any atom is 0.282 e. The van der Waals surface area contributed by atoms with Gasteiger partial charge in [0.2, 0.25) is 0 Å². The molecule has 2 unspecified atom stereocenters. The van der Waals surface area contributed by atoms with E-state index in [1.807, 2.05) is 12.3 Å². The van der Waals surface area contributed by atoms with Gasteiger partial charge in [-0.25, -0.2) is 0 Å². The number of likely N-dealkylation sites (tertiary alicyclic amines) is 1. The molecule has 2 aromatic rings. The number of anilines is 1. The van der Waals surface area contributed by atoms with Crippen molar-refractivity contribution in [3.05, 3.63) is 56.3 Å². The zero-order valence-corrected chi connectivity index (χ0v) is 16.6. The lowest BCUT2D eigenvalue weighted by Gasteiger charge is -2.38. The number of nitro groups is 1. The summed E-state index contributed by atoms with van der Waals surface area (Å²) in [5, 5.41) is 15.6. The molecule has 1 aromatic carbocycles. The third kappa shape index (κ3) is 3.74. The first-order valence-electron chi connectivity index (χ1n) is 9.53. The van der Waals surface area contributed by atoms with Gasteiger partial charge in [0.1, 0.15) is 11.7 Å². The maximum absolute atomic E-state index is 12.9. The summed E-state index contributed by atoms with van der Waals surface area (Å²) < 4.78 is 6.08. The molecule has 0 bridgehead atoms. The fourth-order valence-corrected chi connectivity index (χ4v) is 4.65. The molecule has 2 aliphatic rings. The van der Waals surface area contributed by atoms with Crippen LogP contribution in [0.1, 0.15) is 41.8 Å². The fraction of sp³-hybridized carbons (Fsp3) is 0.450. The predicted molar refractivity (Wildman–Crippen MR) is 108 cm³/mol. The van der Waals surface area contributed by atoms with Crippen molar-refractivity contribution in [1.29, 1.82) is 0 Å². The molecule has 0 N–H and O–H groups in total. The summed E-state index contributed by atoms with van der Waals surface area (Å²) in [7, 11) is 0. The molecule has 8 heteroatoms. The number of hydrogen-bond acceptors (Lipinski definition) is 6. The first-order valence-corrected chi connectivity index (χ1v) is 10.5. The monoisotopic (exact) mass is 401 g/mol. The zero-order valence-electron chi connectivity index (χ0n) is 15.7. The summed E-state index contributed by atoms with van der Waals surface area (Å²) in [6.45, 7) is 4.67. The normalized spacial score (nSPS) is 22.5. The van der Waals surface area contributed by atoms with Gasteiger partial charge in [0.25, 0.3) is 11.6 Å². The van der Waals surface area contributed by atoms with Gasteiger partial charge in [0.15, 0.2) is 0 Å². The highest BCUT2D eigenvalue weighted by Gasteiger charge is 2.30. The smallest absolute Gasteiger partial charge is 0.282 e. The van der Waals surface area contributed by atoms with Crippen LogP contribution in [-0.4, -0.2) is 48.0 Å². The summed E-state index contributed by atoms with van der Waals surface area (Å²) in [5.74, 6) is -0.248. The van der Waals surface area contributed by atoms with Crippen molar-refractivity contribution >= 4 is 28.6 Å². The molecule has 2 aliphatic heterocycles. The van der Waals surface area contributed by atoms with Gasteiger partial charge in [-0.05, 0) is 54.3 Å². The van der Waals surface area contributed by atoms with E-state index in [9.17, 15) is 14.9 Å². The first kappa shape index (κ1) is 18.9. The van der Waals surface area contributed by atoms with Gasteiger partial charge in [0.05, 0.1) is 11.0 Å². The predicted octanol–water partition coefficient (Wildman–Crippen LogP) is 3.86. The molecule has 2 fully saturated rings. The van der Waals surface area contributed by atoms with E-state index in [1.54, 1.807) is 28.4 Å². The first-order chi connectivity index (χ1) is 13.5. The van der Waals surface area contributed by atoms with Crippen molar-refractivity contribution in [3.8, 4) is 0 Å². The number of amides is 1. The Morgan fingerprint density at radius 3 is 2.71 bits per heavy atom. The van der Waals surface area contributed by atoms with Crippen LogP contribution in [0.15, 0.2) is 35.0 Å². The van der Waals surface area contributed by atoms with Gasteiger partial charge in [0, 0.05) is 37.9 Å². The number of thiophene rings is 1. The minimum absolute atomic E-state index is 0.0200. The molecule has 0 radical (unpaired) electrons. The molecule has 3 heterocycles. The van der Waals surface area contributed by atoms with Gasteiger partial charge >= 0.3 is 0 Å². The van der Waals surface area contributed by atoms with E-state index in [0.29, 0.717) is 26.2 Å². The van der Waals surface area contributed by atoms with E-state index in [2.05, 4.69) is 16.3 Å². The number of nitrogens with zero attached hydrogens (tertiary/aromatic N) is 3. The van der Waals surface area contributed by atoms with Crippen LogP contribution in [0.3, 0.4) is 0 Å². The molecule has 148 valence electrons. The molecule has 2 saturated heterocycles. The Bertz CT molecular complexity index is 864. The molecule has 28 heavy (non-hydrogen) atoms. The number of ether oxygens (including phenoxy) is 1. The third-order valence-corrected chi connectivity index (χ3v) is 6.04. The molecule has 2 atom stereocenters. The minimum Gasteiger partial charge on any atom is -0.367 e. The fourth-order valence-electron chi connectivity index (χ4n) is 3.95. The summed E-state index contributed by atoms with van der Waals surface area (Å²) in [5.41, 5.74) is 2.01. The zero-order chi connectivity index (χ0) is 19.7. The minimum atomic E-state index is -0.469. The van der Waals surface area contributed by atoms with E-state index in [0.717, 1.165) is 24.1 Å². The second kappa shape index (κ2) is 7.89. The molecule has 1 amide bonds. The summed E-state index contributed by atoms with van der Waals surface area (Å²) in [6, 6.07) is 6.94. The van der Waals surface area contributed by atoms with Crippen molar-refractivity contribution in [2.75, 3.05) is 31.1 Å². The molecular weight excluding hydrogens is 378 g/mol. The van der Waals surface area contributed by atoms with E-state index in [-0.39, 0.29) is 29.4 Å².